The Labute approximate surface area is 133 Å². The second-order valence-electron chi connectivity index (χ2n) is 4.72. The van der Waals surface area contributed by atoms with E-state index in [0.29, 0.717) is 24.5 Å². The molecule has 0 heterocycles. The summed E-state index contributed by atoms with van der Waals surface area (Å²) < 4.78 is 6.41. The molecule has 0 unspecified atom stereocenters. The minimum absolute atomic E-state index is 0.0522. The fourth-order valence-electron chi connectivity index (χ4n) is 2.09. The molecule has 0 spiro atoms. The molecule has 0 aromatic heterocycles. The molecule has 0 aliphatic carbocycles. The van der Waals surface area contributed by atoms with Gasteiger partial charge in [-0.2, -0.15) is 0 Å². The van der Waals surface area contributed by atoms with Crippen LogP contribution in [0.25, 0.3) is 0 Å². The lowest BCUT2D eigenvalue weighted by Crippen LogP contribution is -2.26. The van der Waals surface area contributed by atoms with Crippen LogP contribution in [0.15, 0.2) is 53.0 Å². The van der Waals surface area contributed by atoms with E-state index in [9.17, 15) is 4.79 Å². The van der Waals surface area contributed by atoms with E-state index in [4.69, 9.17) is 4.74 Å². The van der Waals surface area contributed by atoms with Gasteiger partial charge >= 0.3 is 0 Å². The van der Waals surface area contributed by atoms with Crippen LogP contribution in [0.5, 0.6) is 5.75 Å². The Morgan fingerprint density at radius 2 is 1.90 bits per heavy atom. The maximum Gasteiger partial charge on any atom is 0.257 e. The van der Waals surface area contributed by atoms with Crippen molar-refractivity contribution in [2.24, 2.45) is 0 Å². The van der Waals surface area contributed by atoms with Crippen molar-refractivity contribution in [2.45, 2.75) is 13.5 Å². The summed E-state index contributed by atoms with van der Waals surface area (Å²) in [5, 5.41) is 0. The number of carbonyl (C=O) groups excluding carboxylic acids is 1. The third kappa shape index (κ3) is 4.08. The van der Waals surface area contributed by atoms with Crippen LogP contribution < -0.4 is 4.74 Å². The average molecular weight is 348 g/mol. The summed E-state index contributed by atoms with van der Waals surface area (Å²) in [6.45, 7) is 3.01. The molecule has 0 N–H and O–H groups in total. The molecule has 110 valence electrons. The van der Waals surface area contributed by atoms with Crippen molar-refractivity contribution in [2.75, 3.05) is 13.7 Å². The Morgan fingerprint density at radius 3 is 2.57 bits per heavy atom. The third-order valence-corrected chi connectivity index (χ3v) is 3.57. The van der Waals surface area contributed by atoms with Crippen molar-refractivity contribution >= 4 is 21.8 Å². The Kier molecular flexibility index (Phi) is 5.39. The summed E-state index contributed by atoms with van der Waals surface area (Å²) in [5.74, 6) is 0.564. The van der Waals surface area contributed by atoms with E-state index in [0.717, 1.165) is 10.0 Å². The number of halogens is 1. The summed E-state index contributed by atoms with van der Waals surface area (Å²) in [4.78, 5) is 14.3. The number of rotatable bonds is 5. The highest BCUT2D eigenvalue weighted by molar-refractivity contribution is 9.10. The van der Waals surface area contributed by atoms with E-state index in [1.54, 1.807) is 18.0 Å². The van der Waals surface area contributed by atoms with E-state index in [1.807, 2.05) is 49.4 Å². The Morgan fingerprint density at radius 1 is 1.19 bits per heavy atom. The molecule has 3 nitrogen and oxygen atoms in total. The first kappa shape index (κ1) is 15.6. The van der Waals surface area contributed by atoms with Gasteiger partial charge in [0.25, 0.3) is 5.91 Å². The van der Waals surface area contributed by atoms with Gasteiger partial charge < -0.3 is 9.64 Å². The summed E-state index contributed by atoms with van der Waals surface area (Å²) >= 11 is 3.41. The highest BCUT2D eigenvalue weighted by Crippen LogP contribution is 2.25. The van der Waals surface area contributed by atoms with Gasteiger partial charge in [-0.25, -0.2) is 0 Å². The van der Waals surface area contributed by atoms with Crippen LogP contribution in [0.4, 0.5) is 0 Å². The molecule has 0 radical (unpaired) electrons. The van der Waals surface area contributed by atoms with Crippen LogP contribution in [0.3, 0.4) is 0 Å². The largest absolute Gasteiger partial charge is 0.493 e. The molecular formula is C17H18BrNO2. The fraction of sp³-hybridized carbons (Fsp3) is 0.235. The lowest BCUT2D eigenvalue weighted by Gasteiger charge is -2.19. The number of amides is 1. The summed E-state index contributed by atoms with van der Waals surface area (Å²) in [6, 6.07) is 15.4. The first-order chi connectivity index (χ1) is 10.1. The molecule has 2 aromatic carbocycles. The normalized spacial score (nSPS) is 10.2. The van der Waals surface area contributed by atoms with Crippen LogP contribution >= 0.6 is 15.9 Å². The maximum atomic E-state index is 12.6. The average Bonchev–Trinajstić information content (AvgIpc) is 2.49. The van der Waals surface area contributed by atoms with Crippen molar-refractivity contribution in [1.29, 1.82) is 0 Å². The highest BCUT2D eigenvalue weighted by Gasteiger charge is 2.17. The molecule has 2 rings (SSSR count). The van der Waals surface area contributed by atoms with E-state index in [1.165, 1.54) is 0 Å². The lowest BCUT2D eigenvalue weighted by molar-refractivity contribution is 0.0781. The van der Waals surface area contributed by atoms with E-state index in [-0.39, 0.29) is 5.91 Å². The molecule has 0 bridgehead atoms. The fourth-order valence-corrected chi connectivity index (χ4v) is 2.45. The second kappa shape index (κ2) is 7.27. The summed E-state index contributed by atoms with van der Waals surface area (Å²) in [6.07, 6.45) is 0. The van der Waals surface area contributed by atoms with Crippen molar-refractivity contribution in [3.8, 4) is 5.75 Å². The quantitative estimate of drug-likeness (QED) is 0.814. The molecule has 0 fully saturated rings. The van der Waals surface area contributed by atoms with Gasteiger partial charge in [0.1, 0.15) is 5.75 Å². The van der Waals surface area contributed by atoms with Gasteiger partial charge in [0.15, 0.2) is 0 Å². The Bertz CT molecular complexity index is 613. The molecule has 0 atom stereocenters. The highest BCUT2D eigenvalue weighted by atomic mass is 79.9. The zero-order chi connectivity index (χ0) is 15.2. The number of nitrogens with zero attached hydrogens (tertiary/aromatic N) is 1. The number of benzene rings is 2. The van der Waals surface area contributed by atoms with Crippen LogP contribution in [0.2, 0.25) is 0 Å². The number of hydrogen-bond acceptors (Lipinski definition) is 2. The molecular weight excluding hydrogens is 330 g/mol. The van der Waals surface area contributed by atoms with Crippen LogP contribution in [0, 0.1) is 0 Å². The third-order valence-electron chi connectivity index (χ3n) is 3.08. The zero-order valence-corrected chi connectivity index (χ0v) is 13.8. The van der Waals surface area contributed by atoms with Crippen molar-refractivity contribution < 1.29 is 9.53 Å². The molecule has 21 heavy (non-hydrogen) atoms. The topological polar surface area (TPSA) is 29.5 Å². The van der Waals surface area contributed by atoms with Gasteiger partial charge in [-0.05, 0) is 30.7 Å². The Hall–Kier alpha value is -1.81. The number of carbonyl (C=O) groups is 1. The standard InChI is InChI=1S/C17H18BrNO2/c1-3-21-16-10-9-14(18)11-15(16)17(20)19(2)12-13-7-5-4-6-8-13/h4-11H,3,12H2,1-2H3. The van der Waals surface area contributed by atoms with Gasteiger partial charge in [0, 0.05) is 18.1 Å². The van der Waals surface area contributed by atoms with E-state index in [2.05, 4.69) is 15.9 Å². The van der Waals surface area contributed by atoms with Crippen molar-refractivity contribution in [3.05, 3.63) is 64.1 Å². The van der Waals surface area contributed by atoms with Crippen molar-refractivity contribution in [3.63, 3.8) is 0 Å². The molecule has 0 saturated heterocycles. The predicted octanol–water partition coefficient (Wildman–Crippen LogP) is 4.12. The summed E-state index contributed by atoms with van der Waals surface area (Å²) in [7, 11) is 1.80. The Balaban J connectivity index is 2.20. The van der Waals surface area contributed by atoms with Gasteiger partial charge in [-0.15, -0.1) is 0 Å². The minimum Gasteiger partial charge on any atom is -0.493 e. The second-order valence-corrected chi connectivity index (χ2v) is 5.64. The molecule has 0 saturated carbocycles. The zero-order valence-electron chi connectivity index (χ0n) is 12.2. The number of ether oxygens (including phenoxy) is 1. The van der Waals surface area contributed by atoms with E-state index < -0.39 is 0 Å². The first-order valence-electron chi connectivity index (χ1n) is 6.83. The maximum absolute atomic E-state index is 12.6. The van der Waals surface area contributed by atoms with Crippen LogP contribution in [-0.4, -0.2) is 24.5 Å². The molecule has 0 aliphatic heterocycles. The van der Waals surface area contributed by atoms with Gasteiger partial charge in [0.2, 0.25) is 0 Å². The van der Waals surface area contributed by atoms with Crippen molar-refractivity contribution in [1.82, 2.24) is 4.90 Å². The number of hydrogen-bond donors (Lipinski definition) is 0. The lowest BCUT2D eigenvalue weighted by atomic mass is 10.1. The molecule has 0 aliphatic rings. The predicted molar refractivity (Wildman–Crippen MR) is 87.6 cm³/mol. The molecule has 1 amide bonds. The monoisotopic (exact) mass is 347 g/mol. The minimum atomic E-state index is -0.0522. The molecule has 2 aromatic rings. The van der Waals surface area contributed by atoms with Gasteiger partial charge in [0.05, 0.1) is 12.2 Å². The first-order valence-corrected chi connectivity index (χ1v) is 7.63. The smallest absolute Gasteiger partial charge is 0.257 e. The van der Waals surface area contributed by atoms with E-state index >= 15 is 0 Å². The summed E-state index contributed by atoms with van der Waals surface area (Å²) in [5.41, 5.74) is 1.67. The van der Waals surface area contributed by atoms with Crippen LogP contribution in [0.1, 0.15) is 22.8 Å². The van der Waals surface area contributed by atoms with Gasteiger partial charge in [-0.1, -0.05) is 46.3 Å². The van der Waals surface area contributed by atoms with Crippen LogP contribution in [-0.2, 0) is 6.54 Å². The SMILES string of the molecule is CCOc1ccc(Br)cc1C(=O)N(C)Cc1ccccc1. The molecule has 4 heteroatoms. The van der Waals surface area contributed by atoms with Gasteiger partial charge in [-0.3, -0.25) is 4.79 Å².